The number of hydrogen-bond acceptors (Lipinski definition) is 5. The minimum absolute atomic E-state index is 0.147. The van der Waals surface area contributed by atoms with Gasteiger partial charge in [0, 0.05) is 18.9 Å². The van der Waals surface area contributed by atoms with Crippen LogP contribution in [-0.4, -0.2) is 22.6 Å². The molecule has 0 saturated heterocycles. The first-order chi connectivity index (χ1) is 15.5. The molecule has 8 heteroatoms. The van der Waals surface area contributed by atoms with E-state index in [1.54, 1.807) is 67.4 Å². The third kappa shape index (κ3) is 4.64. The summed E-state index contributed by atoms with van der Waals surface area (Å²) in [5.41, 5.74) is 1.03. The standard InChI is InChI=1S/C24H22FN3O4/c1-16-26-11-12-28(16)20-9-7-17(13-19(20)25)14-27-24(29)23-10-8-18(32-23)15-31-22-6-4-3-5-21(22)30-2/h3-13H,14-15H2,1-2H3,(H,27,29). The third-order valence-corrected chi connectivity index (χ3v) is 4.87. The molecule has 0 bridgehead atoms. The fraction of sp³-hybridized carbons (Fsp3) is 0.167. The van der Waals surface area contributed by atoms with Crippen LogP contribution in [0.15, 0.2) is 71.4 Å². The Balaban J connectivity index is 1.34. The van der Waals surface area contributed by atoms with Crippen molar-refractivity contribution in [3.63, 3.8) is 0 Å². The van der Waals surface area contributed by atoms with Gasteiger partial charge in [0.2, 0.25) is 0 Å². The third-order valence-electron chi connectivity index (χ3n) is 4.87. The number of para-hydroxylation sites is 2. The molecule has 0 atom stereocenters. The van der Waals surface area contributed by atoms with Crippen molar-refractivity contribution in [2.75, 3.05) is 7.11 Å². The van der Waals surface area contributed by atoms with E-state index in [2.05, 4.69) is 10.3 Å². The SMILES string of the molecule is COc1ccccc1OCc1ccc(C(=O)NCc2ccc(-n3ccnc3C)c(F)c2)o1. The number of nitrogens with one attached hydrogen (secondary N) is 1. The van der Waals surface area contributed by atoms with Crippen molar-refractivity contribution in [2.45, 2.75) is 20.1 Å². The molecule has 4 aromatic rings. The molecule has 2 heterocycles. The molecule has 1 amide bonds. The largest absolute Gasteiger partial charge is 0.493 e. The van der Waals surface area contributed by atoms with Crippen molar-refractivity contribution in [1.82, 2.24) is 14.9 Å². The van der Waals surface area contributed by atoms with Gasteiger partial charge in [-0.1, -0.05) is 18.2 Å². The summed E-state index contributed by atoms with van der Waals surface area (Å²) in [6.07, 6.45) is 3.31. The number of benzene rings is 2. The lowest BCUT2D eigenvalue weighted by atomic mass is 10.2. The molecule has 0 fully saturated rings. The lowest BCUT2D eigenvalue weighted by Gasteiger charge is -2.09. The van der Waals surface area contributed by atoms with E-state index >= 15 is 0 Å². The van der Waals surface area contributed by atoms with E-state index in [0.29, 0.717) is 34.3 Å². The zero-order valence-corrected chi connectivity index (χ0v) is 17.7. The molecule has 0 saturated carbocycles. The van der Waals surface area contributed by atoms with E-state index in [1.807, 2.05) is 12.1 Å². The Morgan fingerprint density at radius 3 is 2.69 bits per heavy atom. The topological polar surface area (TPSA) is 78.5 Å². The Bertz CT molecular complexity index is 1230. The van der Waals surface area contributed by atoms with Crippen molar-refractivity contribution in [2.24, 2.45) is 0 Å². The average molecular weight is 435 g/mol. The molecular formula is C24H22FN3O4. The molecule has 0 spiro atoms. The Morgan fingerprint density at radius 1 is 1.16 bits per heavy atom. The summed E-state index contributed by atoms with van der Waals surface area (Å²) < 4.78 is 32.7. The molecule has 2 aromatic heterocycles. The maximum absolute atomic E-state index is 14.5. The fourth-order valence-corrected chi connectivity index (χ4v) is 3.22. The van der Waals surface area contributed by atoms with Gasteiger partial charge < -0.3 is 23.8 Å². The summed E-state index contributed by atoms with van der Waals surface area (Å²) in [5, 5.41) is 2.73. The number of nitrogens with zero attached hydrogens (tertiary/aromatic N) is 2. The van der Waals surface area contributed by atoms with Crippen LogP contribution in [0.25, 0.3) is 5.69 Å². The van der Waals surface area contributed by atoms with Gasteiger partial charge in [-0.25, -0.2) is 9.37 Å². The highest BCUT2D eigenvalue weighted by molar-refractivity contribution is 5.91. The van der Waals surface area contributed by atoms with Crippen LogP contribution in [0, 0.1) is 12.7 Å². The molecule has 0 aliphatic carbocycles. The summed E-state index contributed by atoms with van der Waals surface area (Å²) in [7, 11) is 1.57. The molecule has 164 valence electrons. The minimum Gasteiger partial charge on any atom is -0.493 e. The number of amides is 1. The number of rotatable bonds is 8. The molecule has 0 aliphatic heterocycles. The number of methoxy groups -OCH3 is 1. The van der Waals surface area contributed by atoms with Crippen molar-refractivity contribution in [3.05, 3.63) is 95.7 Å². The Kier molecular flexibility index (Phi) is 6.21. The number of carbonyl (C=O) groups is 1. The second-order valence-corrected chi connectivity index (χ2v) is 7.02. The molecule has 1 N–H and O–H groups in total. The van der Waals surface area contributed by atoms with Gasteiger partial charge in [0.15, 0.2) is 17.3 Å². The van der Waals surface area contributed by atoms with Crippen LogP contribution in [0.5, 0.6) is 11.5 Å². The predicted octanol–water partition coefficient (Wildman–Crippen LogP) is 4.43. The van der Waals surface area contributed by atoms with Gasteiger partial charge in [-0.2, -0.15) is 0 Å². The van der Waals surface area contributed by atoms with Crippen LogP contribution < -0.4 is 14.8 Å². The van der Waals surface area contributed by atoms with Gasteiger partial charge in [-0.3, -0.25) is 4.79 Å². The van der Waals surface area contributed by atoms with Gasteiger partial charge >= 0.3 is 0 Å². The second-order valence-electron chi connectivity index (χ2n) is 7.02. The molecule has 0 unspecified atom stereocenters. The summed E-state index contributed by atoms with van der Waals surface area (Å²) in [4.78, 5) is 16.5. The highest BCUT2D eigenvalue weighted by atomic mass is 19.1. The summed E-state index contributed by atoms with van der Waals surface area (Å²) >= 11 is 0. The van der Waals surface area contributed by atoms with Crippen molar-refractivity contribution < 1.29 is 23.1 Å². The van der Waals surface area contributed by atoms with Crippen LogP contribution in [0.2, 0.25) is 0 Å². The Hall–Kier alpha value is -4.07. The quantitative estimate of drug-likeness (QED) is 0.443. The van der Waals surface area contributed by atoms with Gasteiger partial charge in [0.1, 0.15) is 24.0 Å². The number of carbonyl (C=O) groups excluding carboxylic acids is 1. The van der Waals surface area contributed by atoms with Crippen LogP contribution >= 0.6 is 0 Å². The molecular weight excluding hydrogens is 413 g/mol. The average Bonchev–Trinajstić information content (AvgIpc) is 3.45. The summed E-state index contributed by atoms with van der Waals surface area (Å²) in [6, 6.07) is 15.3. The highest BCUT2D eigenvalue weighted by Crippen LogP contribution is 2.27. The lowest BCUT2D eigenvalue weighted by Crippen LogP contribution is -2.22. The van der Waals surface area contributed by atoms with Crippen molar-refractivity contribution in [1.29, 1.82) is 0 Å². The number of aryl methyl sites for hydroxylation is 1. The number of aromatic nitrogens is 2. The maximum atomic E-state index is 14.5. The number of furan rings is 1. The van der Waals surface area contributed by atoms with E-state index in [4.69, 9.17) is 13.9 Å². The molecule has 2 aromatic carbocycles. The fourth-order valence-electron chi connectivity index (χ4n) is 3.22. The van der Waals surface area contributed by atoms with E-state index in [0.717, 1.165) is 0 Å². The van der Waals surface area contributed by atoms with Gasteiger partial charge in [-0.05, 0) is 48.9 Å². The van der Waals surface area contributed by atoms with E-state index < -0.39 is 11.7 Å². The van der Waals surface area contributed by atoms with Crippen molar-refractivity contribution in [3.8, 4) is 17.2 Å². The monoisotopic (exact) mass is 435 g/mol. The Morgan fingerprint density at radius 2 is 1.97 bits per heavy atom. The van der Waals surface area contributed by atoms with Crippen molar-refractivity contribution >= 4 is 5.91 Å². The highest BCUT2D eigenvalue weighted by Gasteiger charge is 2.13. The normalized spacial score (nSPS) is 10.7. The first kappa shape index (κ1) is 21.2. The van der Waals surface area contributed by atoms with Gasteiger partial charge in [0.25, 0.3) is 5.91 Å². The van der Waals surface area contributed by atoms with Crippen LogP contribution in [-0.2, 0) is 13.2 Å². The smallest absolute Gasteiger partial charge is 0.287 e. The zero-order chi connectivity index (χ0) is 22.5. The lowest BCUT2D eigenvalue weighted by molar-refractivity contribution is 0.0919. The molecule has 32 heavy (non-hydrogen) atoms. The maximum Gasteiger partial charge on any atom is 0.287 e. The van der Waals surface area contributed by atoms with E-state index in [9.17, 15) is 9.18 Å². The zero-order valence-electron chi connectivity index (χ0n) is 17.7. The summed E-state index contributed by atoms with van der Waals surface area (Å²) in [6.45, 7) is 2.10. The van der Waals surface area contributed by atoms with Crippen LogP contribution in [0.1, 0.15) is 27.7 Å². The molecule has 0 aliphatic rings. The Labute approximate surface area is 184 Å². The molecule has 4 rings (SSSR count). The molecule has 0 radical (unpaired) electrons. The van der Waals surface area contributed by atoms with E-state index in [-0.39, 0.29) is 18.9 Å². The van der Waals surface area contributed by atoms with Crippen LogP contribution in [0.3, 0.4) is 0 Å². The first-order valence-corrected chi connectivity index (χ1v) is 9.96. The summed E-state index contributed by atoms with van der Waals surface area (Å²) in [5.74, 6) is 1.72. The van der Waals surface area contributed by atoms with Gasteiger partial charge in [0.05, 0.1) is 12.8 Å². The molecule has 7 nitrogen and oxygen atoms in total. The predicted molar refractivity (Wildman–Crippen MR) is 115 cm³/mol. The van der Waals surface area contributed by atoms with Gasteiger partial charge in [-0.15, -0.1) is 0 Å². The number of hydrogen-bond donors (Lipinski definition) is 1. The second kappa shape index (κ2) is 9.38. The van der Waals surface area contributed by atoms with E-state index in [1.165, 1.54) is 6.07 Å². The minimum atomic E-state index is -0.400. The van der Waals surface area contributed by atoms with Crippen LogP contribution in [0.4, 0.5) is 4.39 Å². The number of halogens is 1. The first-order valence-electron chi connectivity index (χ1n) is 9.96. The number of ether oxygens (including phenoxy) is 2. The number of imidazole rings is 1.